The van der Waals surface area contributed by atoms with Gasteiger partial charge < -0.3 is 19.3 Å². The molecule has 1 N–H and O–H groups in total. The van der Waals surface area contributed by atoms with Gasteiger partial charge in [-0.15, -0.1) is 0 Å². The van der Waals surface area contributed by atoms with Crippen LogP contribution in [-0.2, 0) is 6.42 Å². The topological polar surface area (TPSA) is 69.4 Å². The molecule has 0 saturated heterocycles. The molecule has 1 aromatic heterocycles. The van der Waals surface area contributed by atoms with Gasteiger partial charge in [-0.05, 0) is 30.2 Å². The lowest BCUT2D eigenvalue weighted by Gasteiger charge is -2.10. The molecule has 0 aliphatic carbocycles. The van der Waals surface area contributed by atoms with E-state index < -0.39 is 0 Å². The molecule has 0 atom stereocenters. The van der Waals surface area contributed by atoms with E-state index in [1.54, 1.807) is 14.2 Å². The van der Waals surface area contributed by atoms with Crippen LogP contribution >= 0.6 is 0 Å². The smallest absolute Gasteiger partial charge is 0.321 e. The lowest BCUT2D eigenvalue weighted by atomic mass is 10.1. The molecule has 124 valence electrons. The lowest BCUT2D eigenvalue weighted by molar-refractivity contribution is 0.398. The first kappa shape index (κ1) is 15.9. The molecule has 6 nitrogen and oxygen atoms in total. The minimum atomic E-state index is 0.399. The molecule has 0 unspecified atom stereocenters. The Bertz CT molecular complexity index is 787. The zero-order valence-electron chi connectivity index (χ0n) is 13.7. The van der Waals surface area contributed by atoms with Crippen LogP contribution in [-0.4, -0.2) is 30.9 Å². The average molecular weight is 325 g/mol. The summed E-state index contributed by atoms with van der Waals surface area (Å²) in [5, 5.41) is 7.12. The van der Waals surface area contributed by atoms with Crippen molar-refractivity contribution in [2.24, 2.45) is 0 Å². The van der Waals surface area contributed by atoms with Crippen molar-refractivity contribution in [3.63, 3.8) is 0 Å². The number of anilines is 1. The quantitative estimate of drug-likeness (QED) is 0.718. The fraction of sp³-hybridized carbons (Fsp3) is 0.222. The normalized spacial score (nSPS) is 10.4. The second-order valence-electron chi connectivity index (χ2n) is 5.14. The van der Waals surface area contributed by atoms with Crippen LogP contribution in [0.15, 0.2) is 53.1 Å². The van der Waals surface area contributed by atoms with Crippen molar-refractivity contribution in [3.05, 3.63) is 54.1 Å². The number of nitrogens with one attached hydrogen (secondary N) is 1. The minimum absolute atomic E-state index is 0.399. The molecule has 0 saturated carbocycles. The van der Waals surface area contributed by atoms with Gasteiger partial charge in [0.25, 0.3) is 0 Å². The third kappa shape index (κ3) is 3.65. The van der Waals surface area contributed by atoms with Crippen molar-refractivity contribution >= 4 is 6.01 Å². The van der Waals surface area contributed by atoms with Gasteiger partial charge in [0.15, 0.2) is 0 Å². The largest absolute Gasteiger partial charge is 0.497 e. The molecule has 0 aliphatic heterocycles. The maximum absolute atomic E-state index is 5.37. The number of rotatable bonds is 7. The zero-order valence-corrected chi connectivity index (χ0v) is 13.7. The van der Waals surface area contributed by atoms with Gasteiger partial charge in [-0.3, -0.25) is 0 Å². The number of benzene rings is 2. The van der Waals surface area contributed by atoms with E-state index in [2.05, 4.69) is 15.5 Å². The molecule has 1 heterocycles. The van der Waals surface area contributed by atoms with Crippen LogP contribution < -0.4 is 14.8 Å². The van der Waals surface area contributed by atoms with E-state index in [4.69, 9.17) is 14.0 Å². The van der Waals surface area contributed by atoms with Crippen molar-refractivity contribution in [1.29, 1.82) is 0 Å². The maximum Gasteiger partial charge on any atom is 0.321 e. The Kier molecular flexibility index (Phi) is 4.96. The van der Waals surface area contributed by atoms with Gasteiger partial charge in [0.1, 0.15) is 11.5 Å². The summed E-state index contributed by atoms with van der Waals surface area (Å²) < 4.78 is 15.9. The first-order valence-corrected chi connectivity index (χ1v) is 7.64. The SMILES string of the molecule is COc1ccc(OC)c(CCNc2nc(-c3ccccc3)no2)c1. The minimum Gasteiger partial charge on any atom is -0.497 e. The van der Waals surface area contributed by atoms with Crippen LogP contribution in [0, 0.1) is 0 Å². The van der Waals surface area contributed by atoms with Crippen molar-refractivity contribution < 1.29 is 14.0 Å². The third-order valence-electron chi connectivity index (χ3n) is 3.62. The maximum atomic E-state index is 5.37. The zero-order chi connectivity index (χ0) is 16.8. The lowest BCUT2D eigenvalue weighted by Crippen LogP contribution is -2.06. The molecule has 3 rings (SSSR count). The van der Waals surface area contributed by atoms with E-state index >= 15 is 0 Å². The van der Waals surface area contributed by atoms with E-state index in [1.807, 2.05) is 48.5 Å². The molecule has 0 spiro atoms. The summed E-state index contributed by atoms with van der Waals surface area (Å²) in [5.74, 6) is 2.19. The van der Waals surface area contributed by atoms with E-state index in [0.717, 1.165) is 29.0 Å². The van der Waals surface area contributed by atoms with Gasteiger partial charge in [0.05, 0.1) is 14.2 Å². The van der Waals surface area contributed by atoms with Crippen molar-refractivity contribution in [1.82, 2.24) is 10.1 Å². The monoisotopic (exact) mass is 325 g/mol. The summed E-state index contributed by atoms with van der Waals surface area (Å²) in [7, 11) is 3.30. The first-order chi connectivity index (χ1) is 11.8. The molecule has 0 radical (unpaired) electrons. The summed E-state index contributed by atoms with van der Waals surface area (Å²) in [6, 6.07) is 15.8. The Balaban J connectivity index is 1.62. The summed E-state index contributed by atoms with van der Waals surface area (Å²) in [5.41, 5.74) is 1.97. The van der Waals surface area contributed by atoms with Crippen LogP contribution in [0.4, 0.5) is 6.01 Å². The Labute approximate surface area is 140 Å². The van der Waals surface area contributed by atoms with Crippen LogP contribution in [0.2, 0.25) is 0 Å². The van der Waals surface area contributed by atoms with Gasteiger partial charge >= 0.3 is 6.01 Å². The van der Waals surface area contributed by atoms with E-state index in [1.165, 1.54) is 0 Å². The van der Waals surface area contributed by atoms with Crippen molar-refractivity contribution in [3.8, 4) is 22.9 Å². The van der Waals surface area contributed by atoms with E-state index in [0.29, 0.717) is 18.4 Å². The molecule has 0 bridgehead atoms. The highest BCUT2D eigenvalue weighted by Gasteiger charge is 2.09. The molecule has 24 heavy (non-hydrogen) atoms. The van der Waals surface area contributed by atoms with Gasteiger partial charge in [0, 0.05) is 12.1 Å². The first-order valence-electron chi connectivity index (χ1n) is 7.64. The Morgan fingerprint density at radius 3 is 2.62 bits per heavy atom. The number of methoxy groups -OCH3 is 2. The van der Waals surface area contributed by atoms with Crippen molar-refractivity contribution in [2.75, 3.05) is 26.1 Å². The molecular weight excluding hydrogens is 306 g/mol. The third-order valence-corrected chi connectivity index (χ3v) is 3.62. The Morgan fingerprint density at radius 2 is 1.88 bits per heavy atom. The summed E-state index contributed by atoms with van der Waals surface area (Å²) in [6.45, 7) is 0.639. The van der Waals surface area contributed by atoms with Crippen LogP contribution in [0.25, 0.3) is 11.4 Å². The average Bonchev–Trinajstić information content (AvgIpc) is 3.11. The number of hydrogen-bond donors (Lipinski definition) is 1. The summed E-state index contributed by atoms with van der Waals surface area (Å²) in [4.78, 5) is 4.34. The fourth-order valence-electron chi connectivity index (χ4n) is 2.38. The molecule has 0 amide bonds. The Hall–Kier alpha value is -3.02. The second-order valence-corrected chi connectivity index (χ2v) is 5.14. The van der Waals surface area contributed by atoms with Gasteiger partial charge in [-0.25, -0.2) is 0 Å². The standard InChI is InChI=1S/C18H19N3O3/c1-22-15-8-9-16(23-2)14(12-15)10-11-19-18-20-17(21-24-18)13-6-4-3-5-7-13/h3-9,12H,10-11H2,1-2H3,(H,19,20,21). The Morgan fingerprint density at radius 1 is 1.04 bits per heavy atom. The van der Waals surface area contributed by atoms with Crippen molar-refractivity contribution in [2.45, 2.75) is 6.42 Å². The molecule has 2 aromatic carbocycles. The summed E-state index contributed by atoms with van der Waals surface area (Å²) >= 11 is 0. The molecule has 0 fully saturated rings. The predicted molar refractivity (Wildman–Crippen MR) is 91.5 cm³/mol. The molecular formula is C18H19N3O3. The predicted octanol–water partition coefficient (Wildman–Crippen LogP) is 3.41. The molecule has 0 aliphatic rings. The highest BCUT2D eigenvalue weighted by atomic mass is 16.5. The van der Waals surface area contributed by atoms with Crippen LogP contribution in [0.3, 0.4) is 0 Å². The van der Waals surface area contributed by atoms with Crippen LogP contribution in [0.5, 0.6) is 11.5 Å². The second kappa shape index (κ2) is 7.50. The van der Waals surface area contributed by atoms with Gasteiger partial charge in [-0.2, -0.15) is 4.98 Å². The van der Waals surface area contributed by atoms with Gasteiger partial charge in [0.2, 0.25) is 5.82 Å². The highest BCUT2D eigenvalue weighted by molar-refractivity contribution is 5.54. The number of aromatic nitrogens is 2. The van der Waals surface area contributed by atoms with E-state index in [9.17, 15) is 0 Å². The van der Waals surface area contributed by atoms with E-state index in [-0.39, 0.29) is 0 Å². The number of nitrogens with zero attached hydrogens (tertiary/aromatic N) is 2. The molecule has 6 heteroatoms. The molecule has 3 aromatic rings. The van der Waals surface area contributed by atoms with Crippen LogP contribution in [0.1, 0.15) is 5.56 Å². The highest BCUT2D eigenvalue weighted by Crippen LogP contribution is 2.24. The summed E-state index contributed by atoms with van der Waals surface area (Å²) in [6.07, 6.45) is 0.740. The fourth-order valence-corrected chi connectivity index (χ4v) is 2.38. The number of hydrogen-bond acceptors (Lipinski definition) is 6. The number of ether oxygens (including phenoxy) is 2. The van der Waals surface area contributed by atoms with Gasteiger partial charge in [-0.1, -0.05) is 35.5 Å².